The Bertz CT molecular complexity index is 1240. The normalized spacial score (nSPS) is 11.2. The monoisotopic (exact) mass is 436 g/mol. The van der Waals surface area contributed by atoms with Crippen LogP contribution in [0.2, 0.25) is 0 Å². The van der Waals surface area contributed by atoms with Gasteiger partial charge < -0.3 is 15.3 Å². The van der Waals surface area contributed by atoms with Crippen molar-refractivity contribution in [3.8, 4) is 5.75 Å². The van der Waals surface area contributed by atoms with E-state index in [-0.39, 0.29) is 34.5 Å². The lowest BCUT2D eigenvalue weighted by molar-refractivity contribution is 0.314. The largest absolute Gasteiger partial charge is 0.507 e. The minimum Gasteiger partial charge on any atom is -0.507 e. The molecule has 3 N–H and O–H groups in total. The minimum absolute atomic E-state index is 0.104. The Balaban J connectivity index is 1.57. The van der Waals surface area contributed by atoms with Crippen molar-refractivity contribution in [2.75, 3.05) is 28.7 Å². The molecule has 0 bridgehead atoms. The molecule has 32 heavy (non-hydrogen) atoms. The SMILES string of the molecule is CCN(CC)c1ccc(C=NNc2nc3nonc3nc2Nc2ccc(F)cc2)c(O)c1. The number of hydrogen-bond donors (Lipinski definition) is 3. The fourth-order valence-electron chi connectivity index (χ4n) is 3.06. The van der Waals surface area contributed by atoms with Crippen molar-refractivity contribution in [3.63, 3.8) is 0 Å². The van der Waals surface area contributed by atoms with Crippen LogP contribution in [0.4, 0.5) is 27.4 Å². The zero-order valence-corrected chi connectivity index (χ0v) is 17.4. The number of halogens is 1. The number of anilines is 4. The number of rotatable bonds is 8. The van der Waals surface area contributed by atoms with E-state index in [0.717, 1.165) is 18.8 Å². The van der Waals surface area contributed by atoms with Crippen LogP contribution in [0.3, 0.4) is 0 Å². The van der Waals surface area contributed by atoms with Gasteiger partial charge >= 0.3 is 0 Å². The predicted molar refractivity (Wildman–Crippen MR) is 120 cm³/mol. The average Bonchev–Trinajstić information content (AvgIpc) is 3.25. The number of benzene rings is 2. The molecule has 0 aliphatic rings. The van der Waals surface area contributed by atoms with E-state index >= 15 is 0 Å². The van der Waals surface area contributed by atoms with Crippen LogP contribution in [0.15, 0.2) is 52.2 Å². The Morgan fingerprint density at radius 1 is 1.03 bits per heavy atom. The van der Waals surface area contributed by atoms with Crippen LogP contribution in [0, 0.1) is 5.82 Å². The van der Waals surface area contributed by atoms with Crippen molar-refractivity contribution in [2.45, 2.75) is 13.8 Å². The van der Waals surface area contributed by atoms with Crippen molar-refractivity contribution in [3.05, 3.63) is 53.8 Å². The van der Waals surface area contributed by atoms with Crippen LogP contribution in [0.5, 0.6) is 5.75 Å². The lowest BCUT2D eigenvalue weighted by Crippen LogP contribution is -2.21. The van der Waals surface area contributed by atoms with Gasteiger partial charge in [0.2, 0.25) is 11.3 Å². The second-order valence-electron chi connectivity index (χ2n) is 6.75. The Morgan fingerprint density at radius 3 is 2.38 bits per heavy atom. The summed E-state index contributed by atoms with van der Waals surface area (Å²) in [6.45, 7) is 5.79. The molecule has 0 aliphatic carbocycles. The minimum atomic E-state index is -0.354. The molecule has 2 aromatic heterocycles. The highest BCUT2D eigenvalue weighted by molar-refractivity contribution is 5.85. The standard InChI is InChI=1S/C21H21FN8O2/c1-3-30(4-2)16-10-5-13(17(31)11-16)12-23-27-19-18(24-15-8-6-14(22)7-9-15)25-20-21(26-19)29-32-28-20/h5-12,31H,3-4H2,1-2H3,(H,24,25,28)(H,26,27,29). The number of phenolic OH excluding ortho intramolecular Hbond substituents is 1. The van der Waals surface area contributed by atoms with Gasteiger partial charge in [-0.1, -0.05) is 0 Å². The molecule has 4 aromatic rings. The van der Waals surface area contributed by atoms with E-state index in [2.05, 4.69) is 59.5 Å². The number of hydrazone groups is 1. The van der Waals surface area contributed by atoms with Crippen molar-refractivity contribution >= 4 is 40.5 Å². The van der Waals surface area contributed by atoms with E-state index in [1.807, 2.05) is 6.07 Å². The molecule has 0 fully saturated rings. The second kappa shape index (κ2) is 9.25. The van der Waals surface area contributed by atoms with E-state index in [1.165, 1.54) is 18.3 Å². The third-order valence-electron chi connectivity index (χ3n) is 4.74. The maximum atomic E-state index is 13.2. The third kappa shape index (κ3) is 4.56. The molecule has 0 saturated carbocycles. The summed E-state index contributed by atoms with van der Waals surface area (Å²) in [5.41, 5.74) is 5.23. The summed E-state index contributed by atoms with van der Waals surface area (Å²) < 4.78 is 17.9. The van der Waals surface area contributed by atoms with Gasteiger partial charge in [-0.3, -0.25) is 5.43 Å². The Labute approximate surface area is 182 Å². The van der Waals surface area contributed by atoms with Crippen LogP contribution in [0.1, 0.15) is 19.4 Å². The zero-order valence-electron chi connectivity index (χ0n) is 17.4. The summed E-state index contributed by atoms with van der Waals surface area (Å²) in [4.78, 5) is 10.7. The van der Waals surface area contributed by atoms with Gasteiger partial charge in [-0.05, 0) is 60.6 Å². The molecule has 0 aliphatic heterocycles. The highest BCUT2D eigenvalue weighted by Gasteiger charge is 2.13. The number of fused-ring (bicyclic) bond motifs is 1. The number of phenols is 1. The molecular formula is C21H21FN8O2. The highest BCUT2D eigenvalue weighted by Crippen LogP contribution is 2.25. The van der Waals surface area contributed by atoms with Crippen LogP contribution < -0.4 is 15.6 Å². The topological polar surface area (TPSA) is 125 Å². The van der Waals surface area contributed by atoms with Gasteiger partial charge in [0.05, 0.1) is 6.21 Å². The molecule has 0 amide bonds. The molecule has 4 rings (SSSR count). The Morgan fingerprint density at radius 2 is 1.72 bits per heavy atom. The molecule has 0 saturated heterocycles. The number of nitrogens with zero attached hydrogens (tertiary/aromatic N) is 6. The number of aromatic hydroxyl groups is 1. The molecule has 2 heterocycles. The molecule has 11 heteroatoms. The maximum Gasteiger partial charge on any atom is 0.245 e. The Hall–Kier alpha value is -4.28. The summed E-state index contributed by atoms with van der Waals surface area (Å²) in [7, 11) is 0. The van der Waals surface area contributed by atoms with Gasteiger partial charge in [-0.25, -0.2) is 14.0 Å². The summed E-state index contributed by atoms with van der Waals surface area (Å²) in [5.74, 6) is 0.283. The van der Waals surface area contributed by atoms with Crippen molar-refractivity contribution in [1.29, 1.82) is 0 Å². The van der Waals surface area contributed by atoms with E-state index in [1.54, 1.807) is 24.3 Å². The average molecular weight is 436 g/mol. The van der Waals surface area contributed by atoms with E-state index < -0.39 is 0 Å². The van der Waals surface area contributed by atoms with Crippen LogP contribution in [-0.2, 0) is 0 Å². The van der Waals surface area contributed by atoms with Crippen molar-refractivity contribution in [1.82, 2.24) is 20.3 Å². The summed E-state index contributed by atoms with van der Waals surface area (Å²) in [5, 5.41) is 24.9. The van der Waals surface area contributed by atoms with Crippen molar-refractivity contribution in [2.24, 2.45) is 5.10 Å². The molecule has 10 nitrogen and oxygen atoms in total. The third-order valence-corrected chi connectivity index (χ3v) is 4.74. The smallest absolute Gasteiger partial charge is 0.245 e. The first-order chi connectivity index (χ1) is 15.6. The summed E-state index contributed by atoms with van der Waals surface area (Å²) in [6, 6.07) is 11.2. The molecule has 0 unspecified atom stereocenters. The first-order valence-corrected chi connectivity index (χ1v) is 9.97. The molecular weight excluding hydrogens is 415 g/mol. The van der Waals surface area contributed by atoms with Crippen molar-refractivity contribution < 1.29 is 14.1 Å². The summed E-state index contributed by atoms with van der Waals surface area (Å²) in [6.07, 6.45) is 1.47. The second-order valence-corrected chi connectivity index (χ2v) is 6.75. The quantitative estimate of drug-likeness (QED) is 0.279. The fourth-order valence-corrected chi connectivity index (χ4v) is 3.06. The lowest BCUT2D eigenvalue weighted by atomic mass is 10.2. The predicted octanol–water partition coefficient (Wildman–Crippen LogP) is 3.89. The molecule has 0 radical (unpaired) electrons. The van der Waals surface area contributed by atoms with E-state index in [0.29, 0.717) is 11.3 Å². The van der Waals surface area contributed by atoms with Crippen LogP contribution >= 0.6 is 0 Å². The molecule has 2 aromatic carbocycles. The molecule has 0 atom stereocenters. The van der Waals surface area contributed by atoms with E-state index in [4.69, 9.17) is 0 Å². The van der Waals surface area contributed by atoms with Gasteiger partial charge in [0.15, 0.2) is 11.6 Å². The lowest BCUT2D eigenvalue weighted by Gasteiger charge is -2.21. The number of nitrogens with one attached hydrogen (secondary N) is 2. The van der Waals surface area contributed by atoms with Gasteiger partial charge in [-0.2, -0.15) is 10.1 Å². The van der Waals surface area contributed by atoms with Gasteiger partial charge in [0.1, 0.15) is 11.6 Å². The van der Waals surface area contributed by atoms with Gasteiger partial charge in [-0.15, -0.1) is 0 Å². The zero-order chi connectivity index (χ0) is 22.5. The first kappa shape index (κ1) is 21.0. The molecule has 0 spiro atoms. The fraction of sp³-hybridized carbons (Fsp3) is 0.190. The summed E-state index contributed by atoms with van der Waals surface area (Å²) >= 11 is 0. The first-order valence-electron chi connectivity index (χ1n) is 9.97. The highest BCUT2D eigenvalue weighted by atomic mass is 19.1. The van der Waals surface area contributed by atoms with Gasteiger partial charge in [0.25, 0.3) is 0 Å². The van der Waals surface area contributed by atoms with Gasteiger partial charge in [0, 0.05) is 36.1 Å². The maximum absolute atomic E-state index is 13.2. The number of aromatic nitrogens is 4. The van der Waals surface area contributed by atoms with Crippen LogP contribution in [-0.4, -0.2) is 44.7 Å². The Kier molecular flexibility index (Phi) is 6.06. The molecule has 164 valence electrons. The number of hydrogen-bond acceptors (Lipinski definition) is 10. The van der Waals surface area contributed by atoms with E-state index in [9.17, 15) is 9.50 Å². The van der Waals surface area contributed by atoms with Crippen LogP contribution in [0.25, 0.3) is 11.3 Å².